The first-order chi connectivity index (χ1) is 10.2. The molecule has 0 fully saturated rings. The molecule has 0 N–H and O–H groups in total. The molecule has 2 aromatic rings. The summed E-state index contributed by atoms with van der Waals surface area (Å²) in [5, 5.41) is 2.94. The van der Waals surface area contributed by atoms with Crippen LogP contribution in [0.5, 0.6) is 0 Å². The lowest BCUT2D eigenvalue weighted by Crippen LogP contribution is -2.29. The third-order valence-corrected chi connectivity index (χ3v) is 4.13. The highest BCUT2D eigenvalue weighted by Crippen LogP contribution is 2.38. The van der Waals surface area contributed by atoms with Crippen molar-refractivity contribution >= 4 is 40.3 Å². The summed E-state index contributed by atoms with van der Waals surface area (Å²) >= 11 is 1.88. The number of amides is 2. The van der Waals surface area contributed by atoms with Gasteiger partial charge in [0.25, 0.3) is 11.8 Å². The van der Waals surface area contributed by atoms with Crippen LogP contribution in [0.4, 0.5) is 19.1 Å². The second kappa shape index (κ2) is 4.80. The topological polar surface area (TPSA) is 63.4 Å². The third-order valence-electron chi connectivity index (χ3n) is 3.24. The van der Waals surface area contributed by atoms with Crippen LogP contribution in [0.1, 0.15) is 32.0 Å². The monoisotopic (exact) mass is 422 g/mol. The molecule has 3 rings (SSSR count). The van der Waals surface area contributed by atoms with Gasteiger partial charge >= 0.3 is 6.18 Å². The first kappa shape index (κ1) is 15.0. The van der Waals surface area contributed by atoms with Crippen molar-refractivity contribution in [2.75, 3.05) is 4.90 Å². The summed E-state index contributed by atoms with van der Waals surface area (Å²) in [6.07, 6.45) is -4.72. The smallest absolute Gasteiger partial charge is 0.337 e. The number of anilines is 1. The van der Waals surface area contributed by atoms with E-state index in [1.165, 1.54) is 6.07 Å². The Hall–Kier alpha value is -1.91. The minimum Gasteiger partial charge on any atom is -0.337 e. The van der Waals surface area contributed by atoms with Gasteiger partial charge in [-0.25, -0.2) is 4.90 Å². The molecular formula is C13H6F3IN2O3. The number of carbonyl (C=O) groups is 2. The molecule has 1 aliphatic heterocycles. The zero-order chi connectivity index (χ0) is 16.2. The van der Waals surface area contributed by atoms with Crippen LogP contribution >= 0.6 is 22.6 Å². The van der Waals surface area contributed by atoms with Crippen LogP contribution < -0.4 is 4.90 Å². The van der Waals surface area contributed by atoms with E-state index in [2.05, 4.69) is 9.68 Å². The van der Waals surface area contributed by atoms with E-state index < -0.39 is 35.1 Å². The van der Waals surface area contributed by atoms with Crippen LogP contribution in [0, 0.1) is 10.5 Å². The lowest BCUT2D eigenvalue weighted by Gasteiger charge is -2.10. The summed E-state index contributed by atoms with van der Waals surface area (Å²) in [4.78, 5) is 25.3. The molecule has 1 aromatic heterocycles. The van der Waals surface area contributed by atoms with Gasteiger partial charge in [0.1, 0.15) is 0 Å². The van der Waals surface area contributed by atoms with Crippen molar-refractivity contribution in [1.82, 2.24) is 5.16 Å². The molecular weight excluding hydrogens is 416 g/mol. The van der Waals surface area contributed by atoms with Gasteiger partial charge in [-0.3, -0.25) is 9.59 Å². The lowest BCUT2D eigenvalue weighted by molar-refractivity contribution is -0.143. The predicted octanol–water partition coefficient (Wildman–Crippen LogP) is 3.41. The van der Waals surface area contributed by atoms with Gasteiger partial charge in [0, 0.05) is 9.13 Å². The number of rotatable bonds is 1. The van der Waals surface area contributed by atoms with Crippen LogP contribution in [0.3, 0.4) is 0 Å². The molecule has 1 aliphatic rings. The zero-order valence-electron chi connectivity index (χ0n) is 10.9. The van der Waals surface area contributed by atoms with Crippen LogP contribution in [0.2, 0.25) is 0 Å². The number of nitrogens with zero attached hydrogens (tertiary/aromatic N) is 2. The first-order valence-corrected chi connectivity index (χ1v) is 7.02. The summed E-state index contributed by atoms with van der Waals surface area (Å²) < 4.78 is 43.4. The molecule has 0 atom stereocenters. The second-order valence-electron chi connectivity index (χ2n) is 4.57. The Kier molecular flexibility index (Phi) is 3.27. The molecule has 0 saturated heterocycles. The molecule has 1 aromatic carbocycles. The van der Waals surface area contributed by atoms with E-state index in [4.69, 9.17) is 0 Å². The summed E-state index contributed by atoms with van der Waals surface area (Å²) in [6, 6.07) is 4.65. The van der Waals surface area contributed by atoms with Crippen molar-refractivity contribution in [3.05, 3.63) is 44.2 Å². The Morgan fingerprint density at radius 3 is 2.45 bits per heavy atom. The maximum Gasteiger partial charge on any atom is 0.437 e. The van der Waals surface area contributed by atoms with Gasteiger partial charge in [0.15, 0.2) is 5.69 Å². The molecule has 2 amide bonds. The highest BCUT2D eigenvalue weighted by molar-refractivity contribution is 14.1. The van der Waals surface area contributed by atoms with E-state index in [9.17, 15) is 22.8 Å². The van der Waals surface area contributed by atoms with Gasteiger partial charge in [-0.15, -0.1) is 0 Å². The van der Waals surface area contributed by atoms with E-state index in [1.807, 2.05) is 22.6 Å². The number of alkyl halides is 3. The molecule has 5 nitrogen and oxygen atoms in total. The summed E-state index contributed by atoms with van der Waals surface area (Å²) in [5.41, 5.74) is -1.38. The van der Waals surface area contributed by atoms with Crippen molar-refractivity contribution < 1.29 is 27.3 Å². The Labute approximate surface area is 135 Å². The van der Waals surface area contributed by atoms with E-state index in [-0.39, 0.29) is 11.1 Å². The number of fused-ring (bicyclic) bond motifs is 1. The van der Waals surface area contributed by atoms with E-state index in [1.54, 1.807) is 12.1 Å². The molecule has 0 spiro atoms. The van der Waals surface area contributed by atoms with Crippen molar-refractivity contribution in [3.63, 3.8) is 0 Å². The summed E-state index contributed by atoms with van der Waals surface area (Å²) in [7, 11) is 0. The van der Waals surface area contributed by atoms with Crippen LogP contribution in [-0.2, 0) is 6.18 Å². The summed E-state index contributed by atoms with van der Waals surface area (Å²) in [6.45, 7) is 1.10. The second-order valence-corrected chi connectivity index (χ2v) is 5.73. The molecule has 0 saturated carbocycles. The molecule has 114 valence electrons. The largest absolute Gasteiger partial charge is 0.437 e. The number of benzene rings is 1. The minimum absolute atomic E-state index is 0.126. The molecule has 2 heterocycles. The van der Waals surface area contributed by atoms with Gasteiger partial charge < -0.3 is 4.52 Å². The van der Waals surface area contributed by atoms with E-state index in [0.717, 1.165) is 6.92 Å². The fourth-order valence-corrected chi connectivity index (χ4v) is 2.96. The van der Waals surface area contributed by atoms with Crippen molar-refractivity contribution in [2.45, 2.75) is 13.1 Å². The molecule has 22 heavy (non-hydrogen) atoms. The number of carbonyl (C=O) groups excluding carboxylic acids is 2. The SMILES string of the molecule is Cc1c(C(F)(F)F)noc1N1C(=O)c2cccc(I)c2C1=O. The maximum absolute atomic E-state index is 12.8. The van der Waals surface area contributed by atoms with Crippen molar-refractivity contribution in [3.8, 4) is 0 Å². The van der Waals surface area contributed by atoms with Gasteiger partial charge in [-0.05, 0) is 41.6 Å². The molecule has 0 aliphatic carbocycles. The van der Waals surface area contributed by atoms with Crippen molar-refractivity contribution in [1.29, 1.82) is 0 Å². The van der Waals surface area contributed by atoms with Crippen LogP contribution in [-0.4, -0.2) is 17.0 Å². The average molecular weight is 422 g/mol. The molecule has 0 radical (unpaired) electrons. The van der Waals surface area contributed by atoms with Gasteiger partial charge in [0.05, 0.1) is 11.1 Å². The van der Waals surface area contributed by atoms with E-state index in [0.29, 0.717) is 8.47 Å². The predicted molar refractivity (Wildman–Crippen MR) is 76.5 cm³/mol. The summed E-state index contributed by atoms with van der Waals surface area (Å²) in [5.74, 6) is -1.96. The zero-order valence-corrected chi connectivity index (χ0v) is 13.0. The average Bonchev–Trinajstić information content (AvgIpc) is 2.90. The molecule has 9 heteroatoms. The highest BCUT2D eigenvalue weighted by Gasteiger charge is 2.44. The fourth-order valence-electron chi connectivity index (χ4n) is 2.23. The number of hydrogen-bond acceptors (Lipinski definition) is 4. The lowest BCUT2D eigenvalue weighted by atomic mass is 10.1. The van der Waals surface area contributed by atoms with Crippen molar-refractivity contribution in [2.24, 2.45) is 0 Å². The Bertz CT molecular complexity index is 813. The highest BCUT2D eigenvalue weighted by atomic mass is 127. The number of hydrogen-bond donors (Lipinski definition) is 0. The first-order valence-electron chi connectivity index (χ1n) is 5.94. The maximum atomic E-state index is 12.8. The number of halogens is 4. The standard InChI is InChI=1S/C13H6F3IN2O3/c1-5-9(13(14,15)16)18-22-12(5)19-10(20)6-3-2-4-7(17)8(6)11(19)21/h2-4H,1H3. The Balaban J connectivity index is 2.13. The quantitative estimate of drug-likeness (QED) is 0.522. The van der Waals surface area contributed by atoms with Gasteiger partial charge in [-0.2, -0.15) is 13.2 Å². The molecule has 0 unspecified atom stereocenters. The third kappa shape index (κ3) is 2.02. The Morgan fingerprint density at radius 1 is 1.23 bits per heavy atom. The van der Waals surface area contributed by atoms with Gasteiger partial charge in [0.2, 0.25) is 5.88 Å². The van der Waals surface area contributed by atoms with Crippen LogP contribution in [0.15, 0.2) is 22.7 Å². The normalized spacial score (nSPS) is 14.7. The Morgan fingerprint density at radius 2 is 1.91 bits per heavy atom. The number of imide groups is 1. The van der Waals surface area contributed by atoms with Crippen LogP contribution in [0.25, 0.3) is 0 Å². The van der Waals surface area contributed by atoms with E-state index >= 15 is 0 Å². The molecule has 0 bridgehead atoms. The minimum atomic E-state index is -4.72. The number of aromatic nitrogens is 1. The van der Waals surface area contributed by atoms with Gasteiger partial charge in [-0.1, -0.05) is 11.2 Å². The fraction of sp³-hybridized carbons (Fsp3) is 0.154.